The second-order valence-electron chi connectivity index (χ2n) is 5.72. The number of morpholine rings is 1. The molecule has 0 spiro atoms. The highest BCUT2D eigenvalue weighted by atomic mass is 19.1. The smallest absolute Gasteiger partial charge is 0.248 e. The van der Waals surface area contributed by atoms with Crippen molar-refractivity contribution in [1.82, 2.24) is 4.98 Å². The third kappa shape index (κ3) is 4.58. The van der Waals surface area contributed by atoms with Gasteiger partial charge in [-0.25, -0.2) is 9.37 Å². The number of ether oxygens (including phenoxy) is 2. The molecule has 1 aromatic heterocycles. The van der Waals surface area contributed by atoms with E-state index < -0.39 is 5.82 Å². The van der Waals surface area contributed by atoms with E-state index in [0.717, 1.165) is 18.9 Å². The molecular weight excluding hydrogens is 337 g/mol. The molecule has 1 amide bonds. The molecule has 1 aliphatic heterocycles. The quantitative estimate of drug-likeness (QED) is 0.834. The number of hydrogen-bond acceptors (Lipinski definition) is 5. The van der Waals surface area contributed by atoms with E-state index in [4.69, 9.17) is 9.47 Å². The van der Waals surface area contributed by atoms with Gasteiger partial charge in [0.15, 0.2) is 11.6 Å². The van der Waals surface area contributed by atoms with E-state index in [1.165, 1.54) is 31.4 Å². The highest BCUT2D eigenvalue weighted by Gasteiger charge is 2.12. The van der Waals surface area contributed by atoms with Crippen LogP contribution in [0.15, 0.2) is 42.6 Å². The van der Waals surface area contributed by atoms with E-state index in [0.29, 0.717) is 24.5 Å². The molecule has 1 saturated heterocycles. The Hall–Kier alpha value is -2.93. The van der Waals surface area contributed by atoms with E-state index in [2.05, 4.69) is 15.2 Å². The van der Waals surface area contributed by atoms with Crippen LogP contribution >= 0.6 is 0 Å². The van der Waals surface area contributed by atoms with E-state index >= 15 is 0 Å². The molecule has 136 valence electrons. The first-order valence-electron chi connectivity index (χ1n) is 8.27. The van der Waals surface area contributed by atoms with Gasteiger partial charge in [-0.3, -0.25) is 4.79 Å². The number of benzene rings is 1. The van der Waals surface area contributed by atoms with Gasteiger partial charge >= 0.3 is 0 Å². The number of methoxy groups -OCH3 is 1. The lowest BCUT2D eigenvalue weighted by molar-refractivity contribution is -0.111. The van der Waals surface area contributed by atoms with Crippen LogP contribution in [0.1, 0.15) is 5.56 Å². The second kappa shape index (κ2) is 8.44. The predicted molar refractivity (Wildman–Crippen MR) is 97.9 cm³/mol. The number of aromatic nitrogens is 1. The number of halogens is 1. The lowest BCUT2D eigenvalue weighted by Crippen LogP contribution is -2.36. The summed E-state index contributed by atoms with van der Waals surface area (Å²) in [5.74, 6) is 0.230. The second-order valence-corrected chi connectivity index (χ2v) is 5.72. The van der Waals surface area contributed by atoms with E-state index in [-0.39, 0.29) is 11.7 Å². The summed E-state index contributed by atoms with van der Waals surface area (Å²) in [5.41, 5.74) is 1.16. The zero-order chi connectivity index (χ0) is 18.4. The zero-order valence-electron chi connectivity index (χ0n) is 14.4. The normalized spacial score (nSPS) is 14.5. The minimum Gasteiger partial charge on any atom is -0.494 e. The SMILES string of the molecule is COc1ccc(/C=C/C(=O)Nc2ccc(N3CCOCC3)nc2)cc1F. The molecule has 1 aromatic carbocycles. The van der Waals surface area contributed by atoms with Crippen LogP contribution in [0.3, 0.4) is 0 Å². The summed E-state index contributed by atoms with van der Waals surface area (Å²) in [7, 11) is 1.40. The first-order chi connectivity index (χ1) is 12.7. The van der Waals surface area contributed by atoms with E-state index in [1.807, 2.05) is 6.07 Å². The number of carbonyl (C=O) groups is 1. The first kappa shape index (κ1) is 17.9. The Morgan fingerprint density at radius 1 is 1.31 bits per heavy atom. The number of anilines is 2. The van der Waals surface area contributed by atoms with Crippen molar-refractivity contribution in [2.24, 2.45) is 0 Å². The maximum absolute atomic E-state index is 13.6. The van der Waals surface area contributed by atoms with Gasteiger partial charge in [-0.15, -0.1) is 0 Å². The maximum atomic E-state index is 13.6. The highest BCUT2D eigenvalue weighted by Crippen LogP contribution is 2.19. The van der Waals surface area contributed by atoms with Gasteiger partial charge in [-0.2, -0.15) is 0 Å². The molecule has 0 radical (unpaired) electrons. The van der Waals surface area contributed by atoms with Crippen LogP contribution in [0.5, 0.6) is 5.75 Å². The monoisotopic (exact) mass is 357 g/mol. The summed E-state index contributed by atoms with van der Waals surface area (Å²) in [5, 5.41) is 2.73. The van der Waals surface area contributed by atoms with Crippen molar-refractivity contribution in [3.05, 3.63) is 54.0 Å². The van der Waals surface area contributed by atoms with Crippen LogP contribution in [-0.2, 0) is 9.53 Å². The van der Waals surface area contributed by atoms with Crippen molar-refractivity contribution in [3.63, 3.8) is 0 Å². The molecular formula is C19H20FN3O3. The van der Waals surface area contributed by atoms with Crippen LogP contribution in [-0.4, -0.2) is 44.3 Å². The fourth-order valence-electron chi connectivity index (χ4n) is 2.58. The van der Waals surface area contributed by atoms with Crippen molar-refractivity contribution in [2.45, 2.75) is 0 Å². The van der Waals surface area contributed by atoms with Gasteiger partial charge in [-0.05, 0) is 35.9 Å². The van der Waals surface area contributed by atoms with Gasteiger partial charge in [0.1, 0.15) is 5.82 Å². The van der Waals surface area contributed by atoms with Gasteiger partial charge in [0.05, 0.1) is 32.2 Å². The van der Waals surface area contributed by atoms with Crippen LogP contribution in [0.4, 0.5) is 15.9 Å². The Kier molecular flexibility index (Phi) is 5.80. The van der Waals surface area contributed by atoms with Gasteiger partial charge < -0.3 is 19.7 Å². The Morgan fingerprint density at radius 3 is 2.77 bits per heavy atom. The molecule has 0 unspecified atom stereocenters. The number of amides is 1. The summed E-state index contributed by atoms with van der Waals surface area (Å²) in [6, 6.07) is 8.16. The number of nitrogens with one attached hydrogen (secondary N) is 1. The molecule has 1 fully saturated rings. The number of nitrogens with zero attached hydrogens (tertiary/aromatic N) is 2. The molecule has 1 N–H and O–H groups in total. The summed E-state index contributed by atoms with van der Waals surface area (Å²) in [6.07, 6.45) is 4.49. The summed E-state index contributed by atoms with van der Waals surface area (Å²) in [6.45, 7) is 2.99. The van der Waals surface area contributed by atoms with Crippen molar-refractivity contribution in [1.29, 1.82) is 0 Å². The Labute approximate surface area is 151 Å². The number of rotatable bonds is 5. The molecule has 7 heteroatoms. The summed E-state index contributed by atoms with van der Waals surface area (Å²) in [4.78, 5) is 18.5. The number of hydrogen-bond donors (Lipinski definition) is 1. The van der Waals surface area contributed by atoms with Gasteiger partial charge in [0.25, 0.3) is 0 Å². The van der Waals surface area contributed by atoms with Crippen LogP contribution in [0, 0.1) is 5.82 Å². The molecule has 0 aliphatic carbocycles. The largest absolute Gasteiger partial charge is 0.494 e. The fourth-order valence-corrected chi connectivity index (χ4v) is 2.58. The standard InChI is InChI=1S/C19H20FN3O3/c1-25-17-5-2-14(12-16(17)20)3-7-19(24)22-15-4-6-18(21-13-15)23-8-10-26-11-9-23/h2-7,12-13H,8-11H2,1H3,(H,22,24)/b7-3+. The predicted octanol–water partition coefficient (Wildman–Crippen LogP) is 2.72. The molecule has 26 heavy (non-hydrogen) atoms. The van der Waals surface area contributed by atoms with Crippen LogP contribution in [0.2, 0.25) is 0 Å². The van der Waals surface area contributed by atoms with E-state index in [1.54, 1.807) is 18.3 Å². The Balaban J connectivity index is 1.58. The minimum absolute atomic E-state index is 0.165. The van der Waals surface area contributed by atoms with E-state index in [9.17, 15) is 9.18 Å². The van der Waals surface area contributed by atoms with Gasteiger partial charge in [0, 0.05) is 19.2 Å². The number of carbonyl (C=O) groups excluding carboxylic acids is 1. The zero-order valence-corrected chi connectivity index (χ0v) is 14.4. The molecule has 2 aromatic rings. The van der Waals surface area contributed by atoms with Crippen molar-refractivity contribution >= 4 is 23.5 Å². The minimum atomic E-state index is -0.474. The topological polar surface area (TPSA) is 63.7 Å². The lowest BCUT2D eigenvalue weighted by Gasteiger charge is -2.27. The highest BCUT2D eigenvalue weighted by molar-refractivity contribution is 6.01. The molecule has 1 aliphatic rings. The molecule has 6 nitrogen and oxygen atoms in total. The average Bonchev–Trinajstić information content (AvgIpc) is 2.68. The van der Waals surface area contributed by atoms with Crippen molar-refractivity contribution in [2.75, 3.05) is 43.6 Å². The summed E-state index contributed by atoms with van der Waals surface area (Å²) >= 11 is 0. The molecule has 0 saturated carbocycles. The Morgan fingerprint density at radius 2 is 2.12 bits per heavy atom. The third-order valence-corrected chi connectivity index (χ3v) is 3.95. The van der Waals surface area contributed by atoms with Crippen LogP contribution < -0.4 is 15.0 Å². The van der Waals surface area contributed by atoms with Gasteiger partial charge in [0.2, 0.25) is 5.91 Å². The molecule has 2 heterocycles. The molecule has 0 atom stereocenters. The van der Waals surface area contributed by atoms with Crippen molar-refractivity contribution in [3.8, 4) is 5.75 Å². The molecule has 3 rings (SSSR count). The van der Waals surface area contributed by atoms with Crippen LogP contribution in [0.25, 0.3) is 6.08 Å². The maximum Gasteiger partial charge on any atom is 0.248 e. The summed E-state index contributed by atoms with van der Waals surface area (Å²) < 4.78 is 23.8. The lowest BCUT2D eigenvalue weighted by atomic mass is 10.2. The molecule has 0 bridgehead atoms. The Bertz CT molecular complexity index is 787. The number of pyridine rings is 1. The first-order valence-corrected chi connectivity index (χ1v) is 8.27. The fraction of sp³-hybridized carbons (Fsp3) is 0.263. The third-order valence-electron chi connectivity index (χ3n) is 3.95. The average molecular weight is 357 g/mol. The van der Waals surface area contributed by atoms with Gasteiger partial charge in [-0.1, -0.05) is 6.07 Å². The van der Waals surface area contributed by atoms with Crippen molar-refractivity contribution < 1.29 is 18.7 Å².